The molecule has 0 radical (unpaired) electrons. The van der Waals surface area contributed by atoms with Crippen LogP contribution in [0.5, 0.6) is 11.5 Å². The molecule has 3 N–H and O–H groups in total. The molecule has 3 aromatic carbocycles. The summed E-state index contributed by atoms with van der Waals surface area (Å²) in [7, 11) is -5.48. The highest BCUT2D eigenvalue weighted by molar-refractivity contribution is 7.86. The van der Waals surface area contributed by atoms with Crippen LogP contribution in [0.25, 0.3) is 21.5 Å². The molecule has 3 aromatic rings. The number of fused-ring (bicyclic) bond motifs is 2. The Bertz CT molecular complexity index is 1580. The normalized spacial score (nSPS) is 12.0. The molecule has 0 spiro atoms. The molecule has 0 bridgehead atoms. The van der Waals surface area contributed by atoms with Gasteiger partial charge in [-0.05, 0) is 0 Å². The number of hydrogen-bond donors (Lipinski definition) is 3. The number of rotatable bonds is 1. The first-order valence-corrected chi connectivity index (χ1v) is 7.91. The first-order chi connectivity index (χ1) is 11.9. The lowest BCUT2D eigenvalue weighted by Crippen LogP contribution is -2.36. The zero-order valence-corrected chi connectivity index (χ0v) is 12.9. The van der Waals surface area contributed by atoms with Crippen molar-refractivity contribution in [3.63, 3.8) is 0 Å². The molecule has 12 heteroatoms. The molecule has 0 heterocycles. The van der Waals surface area contributed by atoms with Gasteiger partial charge in [-0.15, -0.1) is 0 Å². The Morgan fingerprint density at radius 2 is 1.15 bits per heavy atom. The van der Waals surface area contributed by atoms with Crippen LogP contribution >= 0.6 is 0 Å². The van der Waals surface area contributed by atoms with Crippen LogP contribution in [0.15, 0.2) is 39.7 Å². The summed E-state index contributed by atoms with van der Waals surface area (Å²) in [5.74, 6) is -2.83. The average Bonchev–Trinajstić information content (AvgIpc) is 2.50. The highest BCUT2D eigenvalue weighted by atomic mass is 32.2. The summed E-state index contributed by atoms with van der Waals surface area (Å²) in [5.41, 5.74) is -9.95. The molecule has 0 fully saturated rings. The molecule has 0 saturated heterocycles. The second-order valence-corrected chi connectivity index (χ2v) is 6.55. The minimum absolute atomic E-state index is 0.326. The zero-order chi connectivity index (χ0) is 19.7. The summed E-state index contributed by atoms with van der Waals surface area (Å²) >= 11 is 0. The van der Waals surface area contributed by atoms with Crippen molar-refractivity contribution < 1.29 is 23.2 Å². The minimum atomic E-state index is -5.48. The third kappa shape index (κ3) is 1.99. The number of phenols is 2. The van der Waals surface area contributed by atoms with Gasteiger partial charge in [0.05, 0.1) is 21.5 Å². The van der Waals surface area contributed by atoms with Crippen molar-refractivity contribution in [3.05, 3.63) is 67.4 Å². The topological polar surface area (TPSA) is 197 Å². The summed E-state index contributed by atoms with van der Waals surface area (Å²) in [5, 5.41) is 14.8. The summed E-state index contributed by atoms with van der Waals surface area (Å²) in [6, 6.07) is 0.326. The van der Waals surface area contributed by atoms with E-state index in [0.29, 0.717) is 6.07 Å². The van der Waals surface area contributed by atoms with Crippen molar-refractivity contribution in [2.24, 2.45) is 0 Å². The van der Waals surface area contributed by atoms with Crippen LogP contribution in [-0.2, 0) is 10.1 Å². The predicted octanol–water partition coefficient (Wildman–Crippen LogP) is -2.87. The number of aromatic hydroxyl groups is 2. The standard InChI is InChI=1S/C14H4O11S/c15-2-1-3(16)8(17)5-4(2)9(18)6-7(10(5)19)12(21)14(26(23,24)25)13(22)11(6)20/h1,15,21H,(H,23,24,25). The Morgan fingerprint density at radius 1 is 0.654 bits per heavy atom. The fraction of sp³-hybridized carbons (Fsp3) is 0. The van der Waals surface area contributed by atoms with Crippen molar-refractivity contribution in [1.82, 2.24) is 0 Å². The Morgan fingerprint density at radius 3 is 1.69 bits per heavy atom. The van der Waals surface area contributed by atoms with Gasteiger partial charge in [-0.25, -0.2) is 0 Å². The zero-order valence-electron chi connectivity index (χ0n) is 12.1. The van der Waals surface area contributed by atoms with Crippen LogP contribution in [0.2, 0.25) is 0 Å². The van der Waals surface area contributed by atoms with E-state index < -0.39 is 80.6 Å². The minimum Gasteiger partial charge on any atom is -0.507 e. The van der Waals surface area contributed by atoms with Crippen LogP contribution in [-0.4, -0.2) is 23.2 Å². The van der Waals surface area contributed by atoms with Crippen molar-refractivity contribution in [2.75, 3.05) is 0 Å². The predicted molar refractivity (Wildman–Crippen MR) is 85.8 cm³/mol. The van der Waals surface area contributed by atoms with Crippen LogP contribution < -0.4 is 32.6 Å². The van der Waals surface area contributed by atoms with Crippen molar-refractivity contribution in [1.29, 1.82) is 0 Å². The van der Waals surface area contributed by atoms with E-state index >= 15 is 0 Å². The molecule has 132 valence electrons. The first kappa shape index (κ1) is 17.3. The van der Waals surface area contributed by atoms with Gasteiger partial charge in [0.2, 0.25) is 27.1 Å². The number of hydrogen-bond acceptors (Lipinski definition) is 10. The van der Waals surface area contributed by atoms with E-state index in [1.165, 1.54) is 0 Å². The molecule has 0 aliphatic rings. The van der Waals surface area contributed by atoms with Gasteiger partial charge in [0, 0.05) is 6.07 Å². The maximum absolute atomic E-state index is 12.5. The van der Waals surface area contributed by atoms with Gasteiger partial charge < -0.3 is 10.2 Å². The van der Waals surface area contributed by atoms with Crippen LogP contribution in [0.1, 0.15) is 0 Å². The van der Waals surface area contributed by atoms with Crippen LogP contribution in [0, 0.1) is 0 Å². The van der Waals surface area contributed by atoms with Gasteiger partial charge >= 0.3 is 10.1 Å². The van der Waals surface area contributed by atoms with Gasteiger partial charge in [0.25, 0.3) is 5.43 Å². The molecular weight excluding hydrogens is 376 g/mol. The molecule has 0 amide bonds. The molecule has 0 aliphatic heterocycles. The van der Waals surface area contributed by atoms with Crippen LogP contribution in [0.3, 0.4) is 0 Å². The highest BCUT2D eigenvalue weighted by Gasteiger charge is 2.30. The molecule has 0 saturated carbocycles. The summed E-state index contributed by atoms with van der Waals surface area (Å²) in [6.07, 6.45) is 0. The van der Waals surface area contributed by atoms with Gasteiger partial charge in [0.1, 0.15) is 5.75 Å². The number of benzene rings is 3. The molecule has 26 heavy (non-hydrogen) atoms. The second-order valence-electron chi connectivity index (χ2n) is 5.19. The molecular formula is C14H4O11S. The third-order valence-corrected chi connectivity index (χ3v) is 4.63. The molecule has 3 rings (SSSR count). The Hall–Kier alpha value is -3.51. The van der Waals surface area contributed by atoms with E-state index in [-0.39, 0.29) is 0 Å². The fourth-order valence-corrected chi connectivity index (χ4v) is 3.34. The van der Waals surface area contributed by atoms with E-state index in [2.05, 4.69) is 0 Å². The van der Waals surface area contributed by atoms with Gasteiger partial charge in [-0.1, -0.05) is 0 Å². The largest absolute Gasteiger partial charge is 0.507 e. The van der Waals surface area contributed by atoms with E-state index in [1.54, 1.807) is 0 Å². The van der Waals surface area contributed by atoms with Gasteiger partial charge in [-0.2, -0.15) is 8.42 Å². The summed E-state index contributed by atoms with van der Waals surface area (Å²) in [4.78, 5) is 70.3. The molecule has 0 aliphatic carbocycles. The maximum Gasteiger partial charge on any atom is 0.302 e. The summed E-state index contributed by atoms with van der Waals surface area (Å²) in [6.45, 7) is 0. The van der Waals surface area contributed by atoms with Crippen molar-refractivity contribution in [3.8, 4) is 11.5 Å². The van der Waals surface area contributed by atoms with E-state index in [4.69, 9.17) is 4.55 Å². The van der Waals surface area contributed by atoms with Gasteiger partial charge in [-0.3, -0.25) is 33.3 Å². The Balaban J connectivity index is 2.98. The molecule has 0 aromatic heterocycles. The smallest absolute Gasteiger partial charge is 0.302 e. The lowest BCUT2D eigenvalue weighted by atomic mass is 10.00. The fourth-order valence-electron chi connectivity index (χ4n) is 2.67. The van der Waals surface area contributed by atoms with E-state index in [0.717, 1.165) is 0 Å². The maximum atomic E-state index is 12.5. The Labute approximate surface area is 139 Å². The van der Waals surface area contributed by atoms with Gasteiger partial charge in [0.15, 0.2) is 10.6 Å². The Kier molecular flexibility index (Phi) is 3.33. The number of phenolic OH excluding ortho intramolecular Hbond substituents is 2. The first-order valence-electron chi connectivity index (χ1n) is 6.47. The van der Waals surface area contributed by atoms with Crippen molar-refractivity contribution >= 4 is 31.7 Å². The lowest BCUT2D eigenvalue weighted by Gasteiger charge is -2.05. The highest BCUT2D eigenvalue weighted by Crippen LogP contribution is 2.25. The average molecular weight is 380 g/mol. The monoisotopic (exact) mass is 380 g/mol. The summed E-state index contributed by atoms with van der Waals surface area (Å²) < 4.78 is 31.5. The second kappa shape index (κ2) is 5.00. The quantitative estimate of drug-likeness (QED) is 0.223. The molecule has 0 atom stereocenters. The lowest BCUT2D eigenvalue weighted by molar-refractivity contribution is 0.446. The van der Waals surface area contributed by atoms with E-state index in [9.17, 15) is 47.4 Å². The van der Waals surface area contributed by atoms with Crippen molar-refractivity contribution in [2.45, 2.75) is 4.90 Å². The SMILES string of the molecule is O=c1cc(O)c2c(=O)c3c(=O)c(=O)c(S(=O)(=O)O)c(O)c3c(=O)c2c1=O. The molecule has 0 unspecified atom stereocenters. The third-order valence-electron chi connectivity index (χ3n) is 3.73. The van der Waals surface area contributed by atoms with Crippen LogP contribution in [0.4, 0.5) is 0 Å². The van der Waals surface area contributed by atoms with E-state index in [1.807, 2.05) is 0 Å². The molecule has 11 nitrogen and oxygen atoms in total.